The van der Waals surface area contributed by atoms with Crippen LogP contribution in [0.25, 0.3) is 0 Å². The van der Waals surface area contributed by atoms with Crippen LogP contribution in [0.2, 0.25) is 0 Å². The van der Waals surface area contributed by atoms with Crippen LogP contribution in [0.3, 0.4) is 0 Å². The fraction of sp³-hybridized carbons (Fsp3) is 0.538. The molecule has 0 fully saturated rings. The van der Waals surface area contributed by atoms with Gasteiger partial charge < -0.3 is 10.6 Å². The van der Waals surface area contributed by atoms with Crippen LogP contribution in [-0.2, 0) is 6.42 Å². The molecule has 5 heteroatoms. The summed E-state index contributed by atoms with van der Waals surface area (Å²) in [7, 11) is 0. The minimum atomic E-state index is 0.0607. The summed E-state index contributed by atoms with van der Waals surface area (Å²) in [6.45, 7) is 3.29. The van der Waals surface area contributed by atoms with Crippen LogP contribution in [0.5, 0.6) is 0 Å². The van der Waals surface area contributed by atoms with E-state index < -0.39 is 0 Å². The van der Waals surface area contributed by atoms with Gasteiger partial charge in [-0.3, -0.25) is 10.8 Å². The number of nitrogens with two attached hydrogens (primary N) is 1. The average molecular weight is 264 g/mol. The van der Waals surface area contributed by atoms with Gasteiger partial charge in [0.05, 0.1) is 0 Å². The van der Waals surface area contributed by atoms with Crippen molar-refractivity contribution in [2.24, 2.45) is 11.7 Å². The van der Waals surface area contributed by atoms with E-state index in [0.29, 0.717) is 18.2 Å². The lowest BCUT2D eigenvalue weighted by atomic mass is 10.0. The Morgan fingerprint density at radius 1 is 1.61 bits per heavy atom. The number of thiophene rings is 1. The molecule has 1 aliphatic rings. The van der Waals surface area contributed by atoms with Crippen molar-refractivity contribution in [2.75, 3.05) is 13.1 Å². The monoisotopic (exact) mass is 264 g/mol. The van der Waals surface area contributed by atoms with Crippen molar-refractivity contribution in [2.45, 2.75) is 26.2 Å². The van der Waals surface area contributed by atoms with E-state index in [9.17, 15) is 0 Å². The van der Waals surface area contributed by atoms with Gasteiger partial charge in [0, 0.05) is 29.4 Å². The molecule has 18 heavy (non-hydrogen) atoms. The maximum absolute atomic E-state index is 8.31. The number of rotatable bonds is 3. The molecular weight excluding hydrogens is 244 g/mol. The molecule has 2 heterocycles. The zero-order chi connectivity index (χ0) is 13.1. The standard InChI is InChI=1S/C13H20N4S/c1-2-9(8-14)12(15)17-6-3-4-11-10(13(17)16)5-7-18-11/h5,7,9,15-16H,2-4,6,8,14H2,1H3. The molecule has 0 radical (unpaired) electrons. The van der Waals surface area contributed by atoms with Crippen molar-refractivity contribution in [1.82, 2.24) is 4.90 Å². The third-order valence-electron chi connectivity index (χ3n) is 3.51. The fourth-order valence-corrected chi connectivity index (χ4v) is 3.26. The number of amidine groups is 2. The minimum Gasteiger partial charge on any atom is -0.330 e. The predicted molar refractivity (Wildman–Crippen MR) is 76.7 cm³/mol. The second kappa shape index (κ2) is 5.63. The largest absolute Gasteiger partial charge is 0.330 e. The molecule has 0 amide bonds. The first-order valence-electron chi connectivity index (χ1n) is 6.40. The first-order valence-corrected chi connectivity index (χ1v) is 7.28. The van der Waals surface area contributed by atoms with Gasteiger partial charge >= 0.3 is 0 Å². The lowest BCUT2D eigenvalue weighted by molar-refractivity contribution is 0.520. The normalized spacial score (nSPS) is 17.2. The fourth-order valence-electron chi connectivity index (χ4n) is 2.33. The average Bonchev–Trinajstić information content (AvgIpc) is 2.78. The Balaban J connectivity index is 2.24. The molecule has 0 aliphatic carbocycles. The van der Waals surface area contributed by atoms with E-state index in [0.717, 1.165) is 31.4 Å². The van der Waals surface area contributed by atoms with Crippen LogP contribution >= 0.6 is 11.3 Å². The molecule has 0 saturated heterocycles. The highest BCUT2D eigenvalue weighted by Gasteiger charge is 2.26. The Labute approximate surface area is 112 Å². The van der Waals surface area contributed by atoms with Crippen molar-refractivity contribution in [1.29, 1.82) is 10.8 Å². The highest BCUT2D eigenvalue weighted by molar-refractivity contribution is 7.10. The summed E-state index contributed by atoms with van der Waals surface area (Å²) in [5, 5.41) is 18.6. The molecule has 1 atom stereocenters. The summed E-state index contributed by atoms with van der Waals surface area (Å²) in [6, 6.07) is 2.00. The molecular formula is C13H20N4S. The Bertz CT molecular complexity index is 448. The Morgan fingerprint density at radius 2 is 2.39 bits per heavy atom. The van der Waals surface area contributed by atoms with E-state index in [1.807, 2.05) is 23.3 Å². The number of hydrogen-bond donors (Lipinski definition) is 3. The molecule has 1 aromatic heterocycles. The van der Waals surface area contributed by atoms with Gasteiger partial charge in [-0.15, -0.1) is 11.3 Å². The van der Waals surface area contributed by atoms with Gasteiger partial charge in [0.2, 0.25) is 0 Å². The SMILES string of the molecule is CCC(CN)C(=N)N1CCCc2sccc2C1=N. The van der Waals surface area contributed by atoms with E-state index in [1.54, 1.807) is 11.3 Å². The topological polar surface area (TPSA) is 77.0 Å². The lowest BCUT2D eigenvalue weighted by Gasteiger charge is -2.28. The van der Waals surface area contributed by atoms with Crippen LogP contribution in [0, 0.1) is 16.7 Å². The molecule has 1 aliphatic heterocycles. The third kappa shape index (κ3) is 2.33. The summed E-state index contributed by atoms with van der Waals surface area (Å²) in [5.41, 5.74) is 6.71. The second-order valence-electron chi connectivity index (χ2n) is 4.59. The zero-order valence-corrected chi connectivity index (χ0v) is 11.5. The van der Waals surface area contributed by atoms with Crippen molar-refractivity contribution in [3.8, 4) is 0 Å². The van der Waals surface area contributed by atoms with Gasteiger partial charge in [-0.25, -0.2) is 0 Å². The van der Waals surface area contributed by atoms with E-state index in [2.05, 4.69) is 0 Å². The van der Waals surface area contributed by atoms with Crippen LogP contribution < -0.4 is 5.73 Å². The van der Waals surface area contributed by atoms with Gasteiger partial charge in [0.25, 0.3) is 0 Å². The Hall–Kier alpha value is -1.20. The van der Waals surface area contributed by atoms with Crippen LogP contribution in [0.1, 0.15) is 30.2 Å². The third-order valence-corrected chi connectivity index (χ3v) is 4.49. The number of aryl methyl sites for hydroxylation is 1. The molecule has 0 saturated carbocycles. The number of fused-ring (bicyclic) bond motifs is 1. The molecule has 1 aromatic rings. The highest BCUT2D eigenvalue weighted by Crippen LogP contribution is 2.25. The van der Waals surface area contributed by atoms with Crippen molar-refractivity contribution in [3.63, 3.8) is 0 Å². The molecule has 4 N–H and O–H groups in total. The number of hydrogen-bond acceptors (Lipinski definition) is 4. The Morgan fingerprint density at radius 3 is 3.06 bits per heavy atom. The summed E-state index contributed by atoms with van der Waals surface area (Å²) < 4.78 is 0. The summed E-state index contributed by atoms with van der Waals surface area (Å²) in [5.74, 6) is 1.04. The minimum absolute atomic E-state index is 0.0607. The van der Waals surface area contributed by atoms with E-state index in [1.165, 1.54) is 4.88 Å². The van der Waals surface area contributed by atoms with Gasteiger partial charge in [-0.2, -0.15) is 0 Å². The predicted octanol–water partition coefficient (Wildman–Crippen LogP) is 2.28. The van der Waals surface area contributed by atoms with Crippen molar-refractivity contribution in [3.05, 3.63) is 21.9 Å². The summed E-state index contributed by atoms with van der Waals surface area (Å²) >= 11 is 1.71. The highest BCUT2D eigenvalue weighted by atomic mass is 32.1. The molecule has 0 bridgehead atoms. The molecule has 98 valence electrons. The summed E-state index contributed by atoms with van der Waals surface area (Å²) in [6.07, 6.45) is 2.87. The molecule has 4 nitrogen and oxygen atoms in total. The summed E-state index contributed by atoms with van der Waals surface area (Å²) in [4.78, 5) is 3.11. The van der Waals surface area contributed by atoms with Gasteiger partial charge in [0.15, 0.2) is 0 Å². The van der Waals surface area contributed by atoms with E-state index in [4.69, 9.17) is 16.6 Å². The smallest absolute Gasteiger partial charge is 0.134 e. The maximum Gasteiger partial charge on any atom is 0.134 e. The first kappa shape index (κ1) is 13.2. The number of nitrogens with zero attached hydrogens (tertiary/aromatic N) is 1. The van der Waals surface area contributed by atoms with Gasteiger partial charge in [-0.1, -0.05) is 6.92 Å². The van der Waals surface area contributed by atoms with Gasteiger partial charge in [-0.05, 0) is 30.7 Å². The van der Waals surface area contributed by atoms with Crippen LogP contribution in [-0.4, -0.2) is 29.7 Å². The zero-order valence-electron chi connectivity index (χ0n) is 10.7. The van der Waals surface area contributed by atoms with Crippen LogP contribution in [0.15, 0.2) is 11.4 Å². The molecule has 0 spiro atoms. The maximum atomic E-state index is 8.31. The van der Waals surface area contributed by atoms with E-state index in [-0.39, 0.29) is 5.92 Å². The first-order chi connectivity index (χ1) is 8.69. The quantitative estimate of drug-likeness (QED) is 0.578. The Kier molecular flexibility index (Phi) is 4.14. The van der Waals surface area contributed by atoms with Crippen molar-refractivity contribution < 1.29 is 0 Å². The molecule has 2 rings (SSSR count). The number of nitrogens with one attached hydrogen (secondary N) is 2. The van der Waals surface area contributed by atoms with Gasteiger partial charge in [0.1, 0.15) is 11.7 Å². The second-order valence-corrected chi connectivity index (χ2v) is 5.59. The van der Waals surface area contributed by atoms with E-state index >= 15 is 0 Å². The molecule has 1 unspecified atom stereocenters. The lowest BCUT2D eigenvalue weighted by Crippen LogP contribution is -2.42. The molecule has 0 aromatic carbocycles. The van der Waals surface area contributed by atoms with Crippen molar-refractivity contribution >= 4 is 23.0 Å². The van der Waals surface area contributed by atoms with Crippen LogP contribution in [0.4, 0.5) is 0 Å².